The van der Waals surface area contributed by atoms with Gasteiger partial charge in [0.15, 0.2) is 0 Å². The highest BCUT2D eigenvalue weighted by Gasteiger charge is 2.72. The summed E-state index contributed by atoms with van der Waals surface area (Å²) in [7, 11) is -6.22. The van der Waals surface area contributed by atoms with Crippen LogP contribution in [0.2, 0.25) is 0 Å². The first-order valence-corrected chi connectivity index (χ1v) is 13.6. The summed E-state index contributed by atoms with van der Waals surface area (Å²) in [5.74, 6) is -4.96. The smallest absolute Gasteiger partial charge is 0.377 e. The zero-order valence-electron chi connectivity index (χ0n) is 17.1. The number of alkyl halides is 4. The third kappa shape index (κ3) is 3.53. The van der Waals surface area contributed by atoms with Crippen LogP contribution in [-0.2, 0) is 10.1 Å². The fourth-order valence-electron chi connectivity index (χ4n) is 5.45. The standard InChI is InChI=1S/C21H28F4O3S2/c1-13-9-17(29-7-3-4-8-29)10-14(2)19(13)28-30(26,27)21(24,25)20(22,23)18-12-15-5-6-16(18)11-15/h9-10,15-16,18,29H,3-8,11-12H2,1-2H3. The summed E-state index contributed by atoms with van der Waals surface area (Å²) < 4.78 is 88.8. The summed E-state index contributed by atoms with van der Waals surface area (Å²) in [5, 5.41) is -5.29. The Labute approximate surface area is 178 Å². The molecule has 3 aliphatic rings. The first-order chi connectivity index (χ1) is 13.9. The molecular formula is C21H28F4O3S2. The van der Waals surface area contributed by atoms with Crippen molar-refractivity contribution in [2.75, 3.05) is 11.5 Å². The molecular weight excluding hydrogens is 440 g/mol. The van der Waals surface area contributed by atoms with Gasteiger partial charge < -0.3 is 4.18 Å². The summed E-state index contributed by atoms with van der Waals surface area (Å²) in [6.45, 7) is 3.14. The van der Waals surface area contributed by atoms with Gasteiger partial charge in [-0.05, 0) is 97.4 Å². The van der Waals surface area contributed by atoms with Crippen LogP contribution < -0.4 is 4.18 Å². The normalized spacial score (nSPS) is 28.3. The molecule has 170 valence electrons. The van der Waals surface area contributed by atoms with Gasteiger partial charge in [0, 0.05) is 5.92 Å². The maximum absolute atomic E-state index is 14.8. The predicted octanol–water partition coefficient (Wildman–Crippen LogP) is 5.83. The Morgan fingerprint density at radius 3 is 2.10 bits per heavy atom. The Bertz CT molecular complexity index is 903. The molecule has 3 fully saturated rings. The van der Waals surface area contributed by atoms with E-state index in [0.29, 0.717) is 24.0 Å². The summed E-state index contributed by atoms with van der Waals surface area (Å²) in [5.41, 5.74) is 0.754. The van der Waals surface area contributed by atoms with E-state index in [9.17, 15) is 26.0 Å². The van der Waals surface area contributed by atoms with Crippen LogP contribution in [0, 0.1) is 31.6 Å². The molecule has 0 radical (unpaired) electrons. The van der Waals surface area contributed by atoms with Crippen molar-refractivity contribution in [2.24, 2.45) is 17.8 Å². The molecule has 4 rings (SSSR count). The van der Waals surface area contributed by atoms with E-state index in [0.717, 1.165) is 35.7 Å². The molecule has 2 saturated carbocycles. The molecule has 0 amide bonds. The number of halogens is 4. The van der Waals surface area contributed by atoms with Crippen LogP contribution in [0.5, 0.6) is 5.75 Å². The van der Waals surface area contributed by atoms with E-state index >= 15 is 0 Å². The number of benzene rings is 1. The third-order valence-electron chi connectivity index (χ3n) is 7.02. The fraction of sp³-hybridized carbons (Fsp3) is 0.714. The Kier molecular flexibility index (Phi) is 5.61. The minimum atomic E-state index is -5.88. The van der Waals surface area contributed by atoms with Gasteiger partial charge in [-0.25, -0.2) is 10.9 Å². The molecule has 0 spiro atoms. The predicted molar refractivity (Wildman–Crippen MR) is 111 cm³/mol. The second kappa shape index (κ2) is 7.57. The summed E-state index contributed by atoms with van der Waals surface area (Å²) in [6.07, 6.45) is 3.89. The molecule has 1 aliphatic heterocycles. The van der Waals surface area contributed by atoms with Crippen molar-refractivity contribution >= 4 is 21.0 Å². The highest BCUT2D eigenvalue weighted by atomic mass is 32.2. The molecule has 0 N–H and O–H groups in total. The van der Waals surface area contributed by atoms with Gasteiger partial charge in [0.2, 0.25) is 0 Å². The molecule has 1 heterocycles. The summed E-state index contributed by atoms with van der Waals surface area (Å²) >= 11 is 0. The van der Waals surface area contributed by atoms with Crippen molar-refractivity contribution in [3.8, 4) is 5.75 Å². The molecule has 1 aromatic rings. The molecule has 9 heteroatoms. The van der Waals surface area contributed by atoms with Crippen LogP contribution in [0.25, 0.3) is 0 Å². The lowest BCUT2D eigenvalue weighted by atomic mass is 9.84. The van der Waals surface area contributed by atoms with E-state index in [4.69, 9.17) is 4.18 Å². The Balaban J connectivity index is 1.60. The number of hydrogen-bond donors (Lipinski definition) is 1. The van der Waals surface area contributed by atoms with Crippen molar-refractivity contribution < 1.29 is 30.2 Å². The van der Waals surface area contributed by atoms with Crippen LogP contribution in [0.15, 0.2) is 17.0 Å². The highest BCUT2D eigenvalue weighted by Crippen LogP contribution is 2.58. The highest BCUT2D eigenvalue weighted by molar-refractivity contribution is 8.17. The molecule has 0 aromatic heterocycles. The average molecular weight is 469 g/mol. The van der Waals surface area contributed by atoms with Gasteiger partial charge in [0.05, 0.1) is 0 Å². The van der Waals surface area contributed by atoms with Gasteiger partial charge >= 0.3 is 21.3 Å². The Hall–Kier alpha value is -0.960. The molecule has 1 saturated heterocycles. The monoisotopic (exact) mass is 468 g/mol. The molecule has 2 bridgehead atoms. The van der Waals surface area contributed by atoms with Gasteiger partial charge in [-0.15, -0.1) is 0 Å². The zero-order valence-corrected chi connectivity index (χ0v) is 18.8. The van der Waals surface area contributed by atoms with Crippen molar-refractivity contribution in [3.63, 3.8) is 0 Å². The molecule has 3 nitrogen and oxygen atoms in total. The molecule has 3 atom stereocenters. The van der Waals surface area contributed by atoms with E-state index in [1.165, 1.54) is 0 Å². The van der Waals surface area contributed by atoms with Gasteiger partial charge in [0.25, 0.3) is 0 Å². The number of fused-ring (bicyclic) bond motifs is 2. The topological polar surface area (TPSA) is 43.4 Å². The van der Waals surface area contributed by atoms with Gasteiger partial charge in [0.1, 0.15) is 5.75 Å². The molecule has 2 aliphatic carbocycles. The van der Waals surface area contributed by atoms with Crippen molar-refractivity contribution in [1.82, 2.24) is 0 Å². The van der Waals surface area contributed by atoms with Crippen molar-refractivity contribution in [1.29, 1.82) is 0 Å². The van der Waals surface area contributed by atoms with E-state index < -0.39 is 33.1 Å². The van der Waals surface area contributed by atoms with E-state index in [2.05, 4.69) is 0 Å². The minimum absolute atomic E-state index is 0.0140. The van der Waals surface area contributed by atoms with Crippen LogP contribution >= 0.6 is 10.9 Å². The first-order valence-electron chi connectivity index (χ1n) is 10.5. The van der Waals surface area contributed by atoms with Crippen LogP contribution in [0.3, 0.4) is 0 Å². The van der Waals surface area contributed by atoms with Crippen LogP contribution in [0.4, 0.5) is 17.6 Å². The van der Waals surface area contributed by atoms with E-state index in [-0.39, 0.29) is 29.0 Å². The second-order valence-corrected chi connectivity index (χ2v) is 13.1. The average Bonchev–Trinajstić information content (AvgIpc) is 3.42. The number of rotatable bonds is 6. The third-order valence-corrected chi connectivity index (χ3v) is 11.0. The van der Waals surface area contributed by atoms with E-state index in [1.807, 2.05) is 0 Å². The maximum atomic E-state index is 14.8. The fourth-order valence-corrected chi connectivity index (χ4v) is 9.22. The lowest BCUT2D eigenvalue weighted by molar-refractivity contribution is -0.202. The Morgan fingerprint density at radius 2 is 1.60 bits per heavy atom. The number of aryl methyl sites for hydroxylation is 2. The van der Waals surface area contributed by atoms with Gasteiger partial charge in [-0.3, -0.25) is 0 Å². The van der Waals surface area contributed by atoms with Gasteiger partial charge in [-0.1, -0.05) is 6.42 Å². The quantitative estimate of drug-likeness (QED) is 0.325. The van der Waals surface area contributed by atoms with Crippen LogP contribution in [0.1, 0.15) is 49.7 Å². The lowest BCUT2D eigenvalue weighted by Crippen LogP contribution is -2.54. The maximum Gasteiger partial charge on any atom is 0.442 e. The van der Waals surface area contributed by atoms with E-state index in [1.54, 1.807) is 26.0 Å². The number of thiol groups is 1. The molecule has 1 aromatic carbocycles. The van der Waals surface area contributed by atoms with Gasteiger partial charge in [-0.2, -0.15) is 26.0 Å². The van der Waals surface area contributed by atoms with Crippen molar-refractivity contribution in [2.45, 2.75) is 68.4 Å². The number of hydrogen-bond acceptors (Lipinski definition) is 3. The largest absolute Gasteiger partial charge is 0.442 e. The molecule has 30 heavy (non-hydrogen) atoms. The van der Waals surface area contributed by atoms with Crippen LogP contribution in [-0.4, -0.2) is 31.1 Å². The first kappa shape index (κ1) is 22.2. The zero-order chi connectivity index (χ0) is 21.9. The summed E-state index contributed by atoms with van der Waals surface area (Å²) in [4.78, 5) is 1.07. The summed E-state index contributed by atoms with van der Waals surface area (Å²) in [6, 6.07) is 3.50. The molecule has 3 unspecified atom stereocenters. The minimum Gasteiger partial charge on any atom is -0.377 e. The second-order valence-electron chi connectivity index (χ2n) is 9.06. The Morgan fingerprint density at radius 1 is 1.00 bits per heavy atom. The van der Waals surface area contributed by atoms with Crippen molar-refractivity contribution in [3.05, 3.63) is 23.3 Å². The lowest BCUT2D eigenvalue weighted by Gasteiger charge is -2.34. The SMILES string of the molecule is Cc1cc([SH]2CCCC2)cc(C)c1OS(=O)(=O)C(F)(F)C(F)(F)C1CC2CCC1C2.